The fourth-order valence-corrected chi connectivity index (χ4v) is 5.08. The van der Waals surface area contributed by atoms with Crippen molar-refractivity contribution in [3.8, 4) is 6.07 Å². The highest BCUT2D eigenvalue weighted by atomic mass is 32.2. The summed E-state index contributed by atoms with van der Waals surface area (Å²) in [6.07, 6.45) is 1.77. The van der Waals surface area contributed by atoms with Gasteiger partial charge in [0.15, 0.2) is 0 Å². The van der Waals surface area contributed by atoms with Gasteiger partial charge in [-0.25, -0.2) is 13.4 Å². The molecule has 0 amide bonds. The molecule has 2 aromatic carbocycles. The summed E-state index contributed by atoms with van der Waals surface area (Å²) in [7, 11) is -3.45. The predicted molar refractivity (Wildman–Crippen MR) is 115 cm³/mol. The Kier molecular flexibility index (Phi) is 5.54. The van der Waals surface area contributed by atoms with Crippen LogP contribution in [0.25, 0.3) is 10.9 Å². The first-order chi connectivity index (χ1) is 14.9. The Morgan fingerprint density at radius 2 is 1.84 bits per heavy atom. The minimum absolute atomic E-state index is 0.101. The van der Waals surface area contributed by atoms with Gasteiger partial charge >= 0.3 is 0 Å². The Morgan fingerprint density at radius 3 is 2.48 bits per heavy atom. The van der Waals surface area contributed by atoms with Crippen molar-refractivity contribution < 1.29 is 13.3 Å². The SMILES string of the molecule is N#Cc1cc(NCc2ccc(S(=O)(=O)N3CCCC3)cc2)nc2ccc([N+](=O)[O-])cc12. The first-order valence-electron chi connectivity index (χ1n) is 9.71. The van der Waals surface area contributed by atoms with Gasteiger partial charge in [-0.05, 0) is 42.7 Å². The van der Waals surface area contributed by atoms with Gasteiger partial charge in [0.05, 0.1) is 27.0 Å². The van der Waals surface area contributed by atoms with Crippen molar-refractivity contribution in [2.75, 3.05) is 18.4 Å². The number of benzene rings is 2. The number of nitro benzene ring substituents is 1. The molecule has 1 N–H and O–H groups in total. The number of nitrogens with zero attached hydrogens (tertiary/aromatic N) is 4. The molecular formula is C21H19N5O4S. The molecule has 0 unspecified atom stereocenters. The van der Waals surface area contributed by atoms with Crippen molar-refractivity contribution in [1.82, 2.24) is 9.29 Å². The van der Waals surface area contributed by atoms with Gasteiger partial charge in [-0.1, -0.05) is 12.1 Å². The molecule has 0 aliphatic carbocycles. The molecule has 1 aliphatic heterocycles. The maximum atomic E-state index is 12.6. The number of nitriles is 1. The number of hydrogen-bond acceptors (Lipinski definition) is 7. The summed E-state index contributed by atoms with van der Waals surface area (Å²) in [5, 5.41) is 24.0. The van der Waals surface area contributed by atoms with Gasteiger partial charge < -0.3 is 5.32 Å². The first-order valence-corrected chi connectivity index (χ1v) is 11.1. The normalized spacial score (nSPS) is 14.4. The number of anilines is 1. The van der Waals surface area contributed by atoms with E-state index < -0.39 is 14.9 Å². The van der Waals surface area contributed by atoms with Gasteiger partial charge in [0.1, 0.15) is 5.82 Å². The third-order valence-corrected chi connectivity index (χ3v) is 7.14. The minimum Gasteiger partial charge on any atom is -0.366 e. The van der Waals surface area contributed by atoms with E-state index >= 15 is 0 Å². The third kappa shape index (κ3) is 4.19. The van der Waals surface area contributed by atoms with E-state index in [-0.39, 0.29) is 16.1 Å². The largest absolute Gasteiger partial charge is 0.366 e. The summed E-state index contributed by atoms with van der Waals surface area (Å²) in [5.74, 6) is 0.451. The fourth-order valence-electron chi connectivity index (χ4n) is 3.56. The van der Waals surface area contributed by atoms with Gasteiger partial charge in [-0.3, -0.25) is 10.1 Å². The molecule has 0 radical (unpaired) electrons. The summed E-state index contributed by atoms with van der Waals surface area (Å²) in [6.45, 7) is 1.49. The number of nitrogens with one attached hydrogen (secondary N) is 1. The second kappa shape index (κ2) is 8.29. The molecule has 2 heterocycles. The zero-order valence-electron chi connectivity index (χ0n) is 16.5. The van der Waals surface area contributed by atoms with Gasteiger partial charge in [0.25, 0.3) is 5.69 Å². The first kappa shape index (κ1) is 20.7. The Balaban J connectivity index is 1.52. The lowest BCUT2D eigenvalue weighted by molar-refractivity contribution is -0.384. The number of aromatic nitrogens is 1. The van der Waals surface area contributed by atoms with E-state index in [0.29, 0.717) is 36.4 Å². The average Bonchev–Trinajstić information content (AvgIpc) is 3.33. The van der Waals surface area contributed by atoms with Crippen LogP contribution in [0.15, 0.2) is 53.4 Å². The molecule has 1 aromatic heterocycles. The Bertz CT molecular complexity index is 1290. The fraction of sp³-hybridized carbons (Fsp3) is 0.238. The van der Waals surface area contributed by atoms with E-state index in [0.717, 1.165) is 18.4 Å². The van der Waals surface area contributed by atoms with Gasteiger partial charge in [-0.15, -0.1) is 0 Å². The number of pyridine rings is 1. The van der Waals surface area contributed by atoms with Crippen molar-refractivity contribution in [2.45, 2.75) is 24.3 Å². The molecule has 4 rings (SSSR count). The number of fused-ring (bicyclic) bond motifs is 1. The molecule has 3 aromatic rings. The van der Waals surface area contributed by atoms with Gasteiger partial charge in [0.2, 0.25) is 10.0 Å². The molecule has 158 valence electrons. The number of sulfonamides is 1. The number of hydrogen-bond donors (Lipinski definition) is 1. The van der Waals surface area contributed by atoms with Crippen molar-refractivity contribution >= 4 is 32.4 Å². The average molecular weight is 437 g/mol. The maximum Gasteiger partial charge on any atom is 0.270 e. The maximum absolute atomic E-state index is 12.6. The summed E-state index contributed by atoms with van der Waals surface area (Å²) in [5.41, 5.74) is 1.50. The standard InChI is InChI=1S/C21H19N5O4S/c22-13-16-11-21(24-20-8-5-17(26(27)28)12-19(16)20)23-14-15-3-6-18(7-4-15)31(29,30)25-9-1-2-10-25/h3-8,11-12H,1-2,9-10,14H2,(H,23,24). The summed E-state index contributed by atoms with van der Waals surface area (Å²) < 4.78 is 26.7. The van der Waals surface area contributed by atoms with Crippen LogP contribution >= 0.6 is 0 Å². The van der Waals surface area contributed by atoms with Crippen LogP contribution in [0.2, 0.25) is 0 Å². The van der Waals surface area contributed by atoms with Crippen molar-refractivity contribution in [2.24, 2.45) is 0 Å². The van der Waals surface area contributed by atoms with E-state index in [4.69, 9.17) is 0 Å². The van der Waals surface area contributed by atoms with Crippen LogP contribution < -0.4 is 5.32 Å². The lowest BCUT2D eigenvalue weighted by Crippen LogP contribution is -2.27. The highest BCUT2D eigenvalue weighted by molar-refractivity contribution is 7.89. The summed E-state index contributed by atoms with van der Waals surface area (Å²) in [4.78, 5) is 15.2. The molecular weight excluding hydrogens is 418 g/mol. The van der Waals surface area contributed by atoms with Crippen LogP contribution in [0.1, 0.15) is 24.0 Å². The molecule has 1 aliphatic rings. The smallest absolute Gasteiger partial charge is 0.270 e. The molecule has 10 heteroatoms. The molecule has 31 heavy (non-hydrogen) atoms. The Labute approximate surface area is 179 Å². The molecule has 0 atom stereocenters. The second-order valence-corrected chi connectivity index (χ2v) is 9.17. The molecule has 1 fully saturated rings. The monoisotopic (exact) mass is 437 g/mol. The van der Waals surface area contributed by atoms with E-state index in [1.54, 1.807) is 24.3 Å². The van der Waals surface area contributed by atoms with Crippen LogP contribution in [-0.2, 0) is 16.6 Å². The van der Waals surface area contributed by atoms with Gasteiger partial charge in [0, 0.05) is 37.2 Å². The summed E-state index contributed by atoms with van der Waals surface area (Å²) in [6, 6.07) is 14.5. The van der Waals surface area contributed by atoms with Crippen LogP contribution in [0.4, 0.5) is 11.5 Å². The van der Waals surface area contributed by atoms with Crippen molar-refractivity contribution in [3.05, 3.63) is 69.8 Å². The Hall–Kier alpha value is -3.55. The number of nitro groups is 1. The topological polar surface area (TPSA) is 129 Å². The molecule has 0 spiro atoms. The quantitative estimate of drug-likeness (QED) is 0.462. The Morgan fingerprint density at radius 1 is 1.13 bits per heavy atom. The highest BCUT2D eigenvalue weighted by Crippen LogP contribution is 2.25. The van der Waals surface area contributed by atoms with Crippen molar-refractivity contribution in [3.63, 3.8) is 0 Å². The predicted octanol–water partition coefficient (Wildman–Crippen LogP) is 3.41. The lowest BCUT2D eigenvalue weighted by atomic mass is 10.1. The minimum atomic E-state index is -3.45. The van der Waals surface area contributed by atoms with Crippen LogP contribution in [-0.4, -0.2) is 35.7 Å². The molecule has 9 nitrogen and oxygen atoms in total. The van der Waals surface area contributed by atoms with E-state index in [2.05, 4.69) is 16.4 Å². The molecule has 1 saturated heterocycles. The third-order valence-electron chi connectivity index (χ3n) is 5.22. The zero-order valence-corrected chi connectivity index (χ0v) is 17.3. The van der Waals surface area contributed by atoms with E-state index in [1.165, 1.54) is 28.6 Å². The van der Waals surface area contributed by atoms with Gasteiger partial charge in [-0.2, -0.15) is 9.57 Å². The number of non-ortho nitro benzene ring substituents is 1. The zero-order chi connectivity index (χ0) is 22.0. The lowest BCUT2D eigenvalue weighted by Gasteiger charge is -2.15. The van der Waals surface area contributed by atoms with E-state index in [1.807, 2.05) is 0 Å². The van der Waals surface area contributed by atoms with Crippen LogP contribution in [0.5, 0.6) is 0 Å². The number of rotatable bonds is 6. The van der Waals surface area contributed by atoms with Crippen molar-refractivity contribution in [1.29, 1.82) is 5.26 Å². The second-order valence-electron chi connectivity index (χ2n) is 7.23. The van der Waals surface area contributed by atoms with E-state index in [9.17, 15) is 23.8 Å². The summed E-state index contributed by atoms with van der Waals surface area (Å²) >= 11 is 0. The molecule has 0 saturated carbocycles. The molecule has 0 bridgehead atoms. The van der Waals surface area contributed by atoms with Crippen LogP contribution in [0.3, 0.4) is 0 Å². The highest BCUT2D eigenvalue weighted by Gasteiger charge is 2.26. The van der Waals surface area contributed by atoms with Crippen LogP contribution in [0, 0.1) is 21.4 Å².